The molecule has 0 bridgehead atoms. The Labute approximate surface area is 92.5 Å². The predicted molar refractivity (Wildman–Crippen MR) is 63.9 cm³/mol. The molecule has 88 valence electrons. The first-order chi connectivity index (χ1) is 7.31. The molecule has 1 amide bonds. The number of hydrogen-bond acceptors (Lipinski definition) is 3. The highest BCUT2D eigenvalue weighted by molar-refractivity contribution is 5.86. The Morgan fingerprint density at radius 3 is 2.20 bits per heavy atom. The molecule has 1 saturated heterocycles. The largest absolute Gasteiger partial charge is 0.353 e. The summed E-state index contributed by atoms with van der Waals surface area (Å²) in [6.07, 6.45) is 3.44. The molecule has 0 atom stereocenters. The average Bonchev–Trinajstić information content (AvgIpc) is 2.32. The highest BCUT2D eigenvalue weighted by Crippen LogP contribution is 1.81. The second-order valence-corrected chi connectivity index (χ2v) is 3.35. The third-order valence-electron chi connectivity index (χ3n) is 1.97. The fourth-order valence-corrected chi connectivity index (χ4v) is 1.06. The van der Waals surface area contributed by atoms with E-state index in [9.17, 15) is 4.79 Å². The number of piperazine rings is 1. The first-order valence-electron chi connectivity index (χ1n) is 5.63. The molecule has 1 fully saturated rings. The zero-order valence-corrected chi connectivity index (χ0v) is 9.64. The van der Waals surface area contributed by atoms with Gasteiger partial charge in [-0.3, -0.25) is 4.79 Å². The molecule has 0 aromatic carbocycles. The van der Waals surface area contributed by atoms with Crippen LogP contribution in [0.4, 0.5) is 0 Å². The molecule has 0 radical (unpaired) electrons. The van der Waals surface area contributed by atoms with Crippen molar-refractivity contribution in [2.24, 2.45) is 0 Å². The number of amides is 1. The summed E-state index contributed by atoms with van der Waals surface area (Å²) in [5.41, 5.74) is 0. The first kappa shape index (κ1) is 14.1. The minimum absolute atomic E-state index is 0.0801. The molecular formula is C11H23N3O. The van der Waals surface area contributed by atoms with Crippen molar-refractivity contribution in [1.82, 2.24) is 16.0 Å². The van der Waals surface area contributed by atoms with Crippen molar-refractivity contribution in [2.75, 3.05) is 32.7 Å². The summed E-state index contributed by atoms with van der Waals surface area (Å²) in [5, 5.41) is 9.12. The fraction of sp³-hybridized carbons (Fsp3) is 0.727. The number of carbonyl (C=O) groups is 1. The molecule has 0 aromatic heterocycles. The van der Waals surface area contributed by atoms with E-state index in [-0.39, 0.29) is 5.91 Å². The number of carbonyl (C=O) groups excluding carboxylic acids is 1. The van der Waals surface area contributed by atoms with E-state index in [4.69, 9.17) is 0 Å². The monoisotopic (exact) mass is 213 g/mol. The van der Waals surface area contributed by atoms with Crippen LogP contribution in [0.1, 0.15) is 19.8 Å². The lowest BCUT2D eigenvalue weighted by atomic mass is 10.3. The SMILES string of the molecule is C1CNCCN1.C=CC(=O)NCCCC. The first-order valence-corrected chi connectivity index (χ1v) is 5.63. The van der Waals surface area contributed by atoms with Gasteiger partial charge < -0.3 is 16.0 Å². The van der Waals surface area contributed by atoms with E-state index in [1.165, 1.54) is 6.08 Å². The van der Waals surface area contributed by atoms with Gasteiger partial charge in [-0.2, -0.15) is 0 Å². The fourth-order valence-electron chi connectivity index (χ4n) is 1.06. The summed E-state index contributed by atoms with van der Waals surface area (Å²) < 4.78 is 0. The Morgan fingerprint density at radius 1 is 1.33 bits per heavy atom. The smallest absolute Gasteiger partial charge is 0.243 e. The summed E-state index contributed by atoms with van der Waals surface area (Å²) in [5.74, 6) is -0.0801. The van der Waals surface area contributed by atoms with Crippen LogP contribution in [0.2, 0.25) is 0 Å². The molecule has 15 heavy (non-hydrogen) atoms. The minimum Gasteiger partial charge on any atom is -0.353 e. The topological polar surface area (TPSA) is 53.2 Å². The molecule has 0 aromatic rings. The predicted octanol–water partition coefficient (Wildman–Crippen LogP) is 0.268. The molecule has 1 aliphatic rings. The maximum atomic E-state index is 10.5. The van der Waals surface area contributed by atoms with Gasteiger partial charge in [0.15, 0.2) is 0 Å². The molecule has 0 unspecified atom stereocenters. The average molecular weight is 213 g/mol. The zero-order valence-electron chi connectivity index (χ0n) is 9.64. The highest BCUT2D eigenvalue weighted by Gasteiger charge is 1.91. The van der Waals surface area contributed by atoms with Crippen molar-refractivity contribution in [3.8, 4) is 0 Å². The lowest BCUT2D eigenvalue weighted by Crippen LogP contribution is -2.39. The van der Waals surface area contributed by atoms with E-state index < -0.39 is 0 Å². The molecule has 0 saturated carbocycles. The van der Waals surface area contributed by atoms with Crippen molar-refractivity contribution in [2.45, 2.75) is 19.8 Å². The minimum atomic E-state index is -0.0801. The molecule has 1 aliphatic heterocycles. The van der Waals surface area contributed by atoms with Crippen molar-refractivity contribution in [1.29, 1.82) is 0 Å². The van der Waals surface area contributed by atoms with Gasteiger partial charge in [-0.1, -0.05) is 19.9 Å². The van der Waals surface area contributed by atoms with Gasteiger partial charge in [-0.15, -0.1) is 0 Å². The van der Waals surface area contributed by atoms with Gasteiger partial charge >= 0.3 is 0 Å². The molecule has 1 rings (SSSR count). The van der Waals surface area contributed by atoms with Gasteiger partial charge in [0.2, 0.25) is 5.91 Å². The zero-order chi connectivity index (χ0) is 11.4. The lowest BCUT2D eigenvalue weighted by molar-refractivity contribution is -0.116. The van der Waals surface area contributed by atoms with Gasteiger partial charge in [0, 0.05) is 32.7 Å². The van der Waals surface area contributed by atoms with E-state index >= 15 is 0 Å². The Kier molecular flexibility index (Phi) is 10.6. The molecule has 4 heteroatoms. The van der Waals surface area contributed by atoms with Crippen LogP contribution in [0, 0.1) is 0 Å². The van der Waals surface area contributed by atoms with Gasteiger partial charge in [0.1, 0.15) is 0 Å². The van der Waals surface area contributed by atoms with Crippen LogP contribution in [0.15, 0.2) is 12.7 Å². The van der Waals surface area contributed by atoms with Crippen molar-refractivity contribution >= 4 is 5.91 Å². The van der Waals surface area contributed by atoms with E-state index in [2.05, 4.69) is 29.5 Å². The number of nitrogens with one attached hydrogen (secondary N) is 3. The molecule has 1 heterocycles. The Morgan fingerprint density at radius 2 is 1.87 bits per heavy atom. The molecular weight excluding hydrogens is 190 g/mol. The maximum absolute atomic E-state index is 10.5. The quantitative estimate of drug-likeness (QED) is 0.464. The third-order valence-corrected chi connectivity index (χ3v) is 1.97. The molecule has 0 spiro atoms. The summed E-state index contributed by atoms with van der Waals surface area (Å²) in [6, 6.07) is 0. The van der Waals surface area contributed by atoms with E-state index in [0.29, 0.717) is 0 Å². The van der Waals surface area contributed by atoms with Gasteiger partial charge in [-0.05, 0) is 12.5 Å². The van der Waals surface area contributed by atoms with Crippen LogP contribution in [-0.2, 0) is 4.79 Å². The van der Waals surface area contributed by atoms with Crippen LogP contribution in [0.5, 0.6) is 0 Å². The van der Waals surface area contributed by atoms with Crippen molar-refractivity contribution in [3.05, 3.63) is 12.7 Å². The number of rotatable bonds is 4. The molecule has 3 N–H and O–H groups in total. The number of unbranched alkanes of at least 4 members (excludes halogenated alkanes) is 1. The third kappa shape index (κ3) is 11.1. The molecule has 4 nitrogen and oxygen atoms in total. The highest BCUT2D eigenvalue weighted by atomic mass is 16.1. The van der Waals surface area contributed by atoms with Crippen LogP contribution < -0.4 is 16.0 Å². The second kappa shape index (κ2) is 11.2. The Bertz CT molecular complexity index is 156. The van der Waals surface area contributed by atoms with Crippen LogP contribution in [-0.4, -0.2) is 38.6 Å². The second-order valence-electron chi connectivity index (χ2n) is 3.35. The summed E-state index contributed by atoms with van der Waals surface area (Å²) in [6.45, 7) is 10.7. The molecule has 0 aliphatic carbocycles. The Hall–Kier alpha value is -0.870. The van der Waals surface area contributed by atoms with Crippen LogP contribution in [0.3, 0.4) is 0 Å². The standard InChI is InChI=1S/C7H13NO.C4H10N2/c1-3-5-6-8-7(9)4-2;1-2-6-4-3-5-1/h4H,2-3,5-6H2,1H3,(H,8,9);5-6H,1-4H2. The summed E-state index contributed by atoms with van der Waals surface area (Å²) >= 11 is 0. The number of hydrogen-bond donors (Lipinski definition) is 3. The van der Waals surface area contributed by atoms with Gasteiger partial charge in [-0.25, -0.2) is 0 Å². The Balaban J connectivity index is 0.000000280. The maximum Gasteiger partial charge on any atom is 0.243 e. The summed E-state index contributed by atoms with van der Waals surface area (Å²) in [4.78, 5) is 10.5. The normalized spacial score (nSPS) is 14.7. The van der Waals surface area contributed by atoms with Crippen LogP contribution in [0.25, 0.3) is 0 Å². The van der Waals surface area contributed by atoms with E-state index in [1.807, 2.05) is 0 Å². The van der Waals surface area contributed by atoms with Crippen LogP contribution >= 0.6 is 0 Å². The van der Waals surface area contributed by atoms with Crippen molar-refractivity contribution in [3.63, 3.8) is 0 Å². The van der Waals surface area contributed by atoms with E-state index in [0.717, 1.165) is 45.6 Å². The van der Waals surface area contributed by atoms with Crippen molar-refractivity contribution < 1.29 is 4.79 Å². The van der Waals surface area contributed by atoms with Gasteiger partial charge in [0.05, 0.1) is 0 Å². The summed E-state index contributed by atoms with van der Waals surface area (Å²) in [7, 11) is 0. The lowest BCUT2D eigenvalue weighted by Gasteiger charge is -2.11. The van der Waals surface area contributed by atoms with Gasteiger partial charge in [0.25, 0.3) is 0 Å². The van der Waals surface area contributed by atoms with E-state index in [1.54, 1.807) is 0 Å².